The van der Waals surface area contributed by atoms with Crippen LogP contribution in [0.1, 0.15) is 11.4 Å². The van der Waals surface area contributed by atoms with E-state index in [1.165, 1.54) is 0 Å². The highest BCUT2D eigenvalue weighted by molar-refractivity contribution is 5.73. The molecule has 106 valence electrons. The number of nitrogens with zero attached hydrogens (tertiary/aromatic N) is 3. The lowest BCUT2D eigenvalue weighted by atomic mass is 10.3. The molecule has 0 radical (unpaired) electrons. The minimum absolute atomic E-state index is 0.152. The molecular weight excluding hydrogens is 256 g/mol. The van der Waals surface area contributed by atoms with Crippen LogP contribution in [0.15, 0.2) is 6.07 Å². The summed E-state index contributed by atoms with van der Waals surface area (Å²) in [6.45, 7) is 1.30. The number of hydrogen-bond acceptors (Lipinski definition) is 4. The molecule has 0 unspecified atom stereocenters. The maximum absolute atomic E-state index is 11.9. The molecule has 1 rings (SSSR count). The molecule has 0 fully saturated rings. The number of halogens is 2. The van der Waals surface area contributed by atoms with Gasteiger partial charge in [0.1, 0.15) is 0 Å². The molecule has 0 aromatic carbocycles. The van der Waals surface area contributed by atoms with Crippen LogP contribution >= 0.6 is 0 Å². The first-order valence-electron chi connectivity index (χ1n) is 5.70. The minimum Gasteiger partial charge on any atom is -0.347 e. The van der Waals surface area contributed by atoms with Crippen LogP contribution in [0.2, 0.25) is 0 Å². The van der Waals surface area contributed by atoms with Crippen molar-refractivity contribution in [2.45, 2.75) is 19.9 Å². The van der Waals surface area contributed by atoms with Crippen LogP contribution in [0.5, 0.6) is 0 Å². The Morgan fingerprint density at radius 1 is 1.37 bits per heavy atom. The quantitative estimate of drug-likeness (QED) is 0.837. The van der Waals surface area contributed by atoms with Gasteiger partial charge in [0.05, 0.1) is 18.8 Å². The van der Waals surface area contributed by atoms with Gasteiger partial charge < -0.3 is 15.5 Å². The van der Waals surface area contributed by atoms with Crippen molar-refractivity contribution < 1.29 is 13.6 Å². The first-order chi connectivity index (χ1) is 8.88. The highest BCUT2D eigenvalue weighted by atomic mass is 19.3. The summed E-state index contributed by atoms with van der Waals surface area (Å²) in [4.78, 5) is 21.4. The molecule has 0 aliphatic carbocycles. The van der Waals surface area contributed by atoms with Gasteiger partial charge in [0.25, 0.3) is 6.43 Å². The molecule has 0 atom stereocenters. The third kappa shape index (κ3) is 5.45. The van der Waals surface area contributed by atoms with Crippen LogP contribution in [0.25, 0.3) is 0 Å². The van der Waals surface area contributed by atoms with Gasteiger partial charge in [0, 0.05) is 19.8 Å². The molecule has 0 spiro atoms. The van der Waals surface area contributed by atoms with E-state index < -0.39 is 19.0 Å². The summed E-state index contributed by atoms with van der Waals surface area (Å²) in [5, 5.41) is 4.51. The van der Waals surface area contributed by atoms with E-state index in [4.69, 9.17) is 0 Å². The number of rotatable bonds is 5. The van der Waals surface area contributed by atoms with Crippen molar-refractivity contribution in [3.05, 3.63) is 17.5 Å². The summed E-state index contributed by atoms with van der Waals surface area (Å²) in [6, 6.07) is 1.07. The molecule has 0 aliphatic heterocycles. The molecule has 1 aromatic rings. The Morgan fingerprint density at radius 3 is 2.63 bits per heavy atom. The van der Waals surface area contributed by atoms with Gasteiger partial charge in [-0.1, -0.05) is 0 Å². The second-order valence-corrected chi connectivity index (χ2v) is 4.15. The number of anilines is 1. The Balaban J connectivity index is 2.55. The average molecular weight is 273 g/mol. The third-order valence-corrected chi connectivity index (χ3v) is 2.14. The van der Waals surface area contributed by atoms with E-state index in [1.807, 2.05) is 6.92 Å². The molecule has 19 heavy (non-hydrogen) atoms. The van der Waals surface area contributed by atoms with Crippen molar-refractivity contribution in [1.82, 2.24) is 20.6 Å². The van der Waals surface area contributed by atoms with Crippen LogP contribution in [0.3, 0.4) is 0 Å². The lowest BCUT2D eigenvalue weighted by Crippen LogP contribution is -2.37. The molecule has 2 amide bonds. The fraction of sp³-hybridized carbons (Fsp3) is 0.545. The lowest BCUT2D eigenvalue weighted by Gasteiger charge is -2.13. The summed E-state index contributed by atoms with van der Waals surface area (Å²) in [5.74, 6) is 0.532. The van der Waals surface area contributed by atoms with Gasteiger partial charge in [0.2, 0.25) is 5.95 Å². The SMILES string of the molecule is Cc1cc(CNC(=O)NCC(F)F)nc(N(C)C)n1. The number of urea groups is 1. The van der Waals surface area contributed by atoms with Gasteiger partial charge in [-0.15, -0.1) is 0 Å². The summed E-state index contributed by atoms with van der Waals surface area (Å²) in [5.41, 5.74) is 1.38. The Labute approximate surface area is 110 Å². The topological polar surface area (TPSA) is 70.2 Å². The normalized spacial score (nSPS) is 10.4. The monoisotopic (exact) mass is 273 g/mol. The molecular formula is C11H17F2N5O. The first-order valence-corrected chi connectivity index (χ1v) is 5.70. The van der Waals surface area contributed by atoms with Crippen molar-refractivity contribution in [2.24, 2.45) is 0 Å². The molecule has 6 nitrogen and oxygen atoms in total. The summed E-state index contributed by atoms with van der Waals surface area (Å²) >= 11 is 0. The van der Waals surface area contributed by atoms with Gasteiger partial charge in [-0.3, -0.25) is 0 Å². The lowest BCUT2D eigenvalue weighted by molar-refractivity contribution is 0.146. The minimum atomic E-state index is -2.56. The van der Waals surface area contributed by atoms with Gasteiger partial charge >= 0.3 is 6.03 Å². The van der Waals surface area contributed by atoms with E-state index in [9.17, 15) is 13.6 Å². The number of aromatic nitrogens is 2. The summed E-state index contributed by atoms with van der Waals surface area (Å²) in [7, 11) is 3.61. The molecule has 1 heterocycles. The fourth-order valence-electron chi connectivity index (χ4n) is 1.31. The number of nitrogens with one attached hydrogen (secondary N) is 2. The maximum atomic E-state index is 11.9. The Morgan fingerprint density at radius 2 is 2.05 bits per heavy atom. The second-order valence-electron chi connectivity index (χ2n) is 4.15. The van der Waals surface area contributed by atoms with Gasteiger partial charge in [0.15, 0.2) is 0 Å². The molecule has 0 saturated heterocycles. The van der Waals surface area contributed by atoms with E-state index in [-0.39, 0.29) is 6.54 Å². The van der Waals surface area contributed by atoms with Crippen LogP contribution in [-0.2, 0) is 6.54 Å². The van der Waals surface area contributed by atoms with Crippen LogP contribution in [-0.4, -0.2) is 43.1 Å². The summed E-state index contributed by atoms with van der Waals surface area (Å²) in [6.07, 6.45) is -2.56. The first kappa shape index (κ1) is 15.1. The van der Waals surface area contributed by atoms with Crippen molar-refractivity contribution in [1.29, 1.82) is 0 Å². The molecule has 2 N–H and O–H groups in total. The molecule has 0 saturated carbocycles. The molecule has 8 heteroatoms. The smallest absolute Gasteiger partial charge is 0.315 e. The van der Waals surface area contributed by atoms with Gasteiger partial charge in [-0.2, -0.15) is 0 Å². The number of carbonyl (C=O) groups excluding carboxylic acids is 1. The molecule has 1 aromatic heterocycles. The van der Waals surface area contributed by atoms with E-state index in [1.54, 1.807) is 25.1 Å². The predicted molar refractivity (Wildman–Crippen MR) is 67.3 cm³/mol. The van der Waals surface area contributed by atoms with Crippen LogP contribution in [0.4, 0.5) is 19.5 Å². The van der Waals surface area contributed by atoms with Crippen LogP contribution < -0.4 is 15.5 Å². The van der Waals surface area contributed by atoms with Gasteiger partial charge in [-0.05, 0) is 13.0 Å². The number of hydrogen-bond donors (Lipinski definition) is 2. The third-order valence-electron chi connectivity index (χ3n) is 2.14. The van der Waals surface area contributed by atoms with Crippen molar-refractivity contribution in [3.8, 4) is 0 Å². The Bertz CT molecular complexity index is 439. The van der Waals surface area contributed by atoms with E-state index in [0.717, 1.165) is 5.69 Å². The number of amides is 2. The maximum Gasteiger partial charge on any atom is 0.315 e. The van der Waals surface area contributed by atoms with E-state index in [2.05, 4.69) is 20.6 Å². The van der Waals surface area contributed by atoms with Crippen molar-refractivity contribution >= 4 is 12.0 Å². The standard InChI is InChI=1S/C11H17F2N5O/c1-7-4-8(17-10(16-7)18(2)3)5-14-11(19)15-6-9(12)13/h4,9H,5-6H2,1-3H3,(H2,14,15,19). The Hall–Kier alpha value is -1.99. The van der Waals surface area contributed by atoms with E-state index >= 15 is 0 Å². The summed E-state index contributed by atoms with van der Waals surface area (Å²) < 4.78 is 23.8. The van der Waals surface area contributed by atoms with Crippen molar-refractivity contribution in [2.75, 3.05) is 25.5 Å². The predicted octanol–water partition coefficient (Wildman–Crippen LogP) is 0.915. The zero-order chi connectivity index (χ0) is 14.4. The highest BCUT2D eigenvalue weighted by Gasteiger charge is 2.08. The molecule has 0 bridgehead atoms. The Kier molecular flexibility index (Phi) is 5.40. The largest absolute Gasteiger partial charge is 0.347 e. The zero-order valence-corrected chi connectivity index (χ0v) is 11.1. The molecule has 0 aliphatic rings. The number of carbonyl (C=O) groups is 1. The van der Waals surface area contributed by atoms with Crippen molar-refractivity contribution in [3.63, 3.8) is 0 Å². The highest BCUT2D eigenvalue weighted by Crippen LogP contribution is 2.07. The zero-order valence-electron chi connectivity index (χ0n) is 11.1. The second kappa shape index (κ2) is 6.81. The van der Waals surface area contributed by atoms with E-state index in [0.29, 0.717) is 11.6 Å². The van der Waals surface area contributed by atoms with Crippen LogP contribution in [0, 0.1) is 6.92 Å². The average Bonchev–Trinajstić information content (AvgIpc) is 2.33. The van der Waals surface area contributed by atoms with Gasteiger partial charge in [-0.25, -0.2) is 23.5 Å². The number of alkyl halides is 2. The fourth-order valence-corrected chi connectivity index (χ4v) is 1.31. The number of aryl methyl sites for hydroxylation is 1.